The highest BCUT2D eigenvalue weighted by Crippen LogP contribution is 2.21. The Morgan fingerprint density at radius 3 is 2.69 bits per heavy atom. The molecule has 5 amide bonds. The summed E-state index contributed by atoms with van der Waals surface area (Å²) in [4.78, 5) is 54.6. The summed E-state index contributed by atoms with van der Waals surface area (Å²) in [6.45, 7) is 1.69. The van der Waals surface area contributed by atoms with Gasteiger partial charge in [-0.2, -0.15) is 0 Å². The number of amides is 5. The van der Waals surface area contributed by atoms with Crippen LogP contribution in [0.4, 0.5) is 9.93 Å². The second-order valence-electron chi connectivity index (χ2n) is 6.32. The van der Waals surface area contributed by atoms with Gasteiger partial charge in [0.25, 0.3) is 0 Å². The molecular formula is C16H21N5O4S. The van der Waals surface area contributed by atoms with Crippen LogP contribution in [-0.4, -0.2) is 64.7 Å². The third kappa shape index (κ3) is 4.57. The number of nitrogens with one attached hydrogen (secondary N) is 2. The van der Waals surface area contributed by atoms with Crippen LogP contribution >= 0.6 is 11.3 Å². The van der Waals surface area contributed by atoms with Crippen LogP contribution in [0.1, 0.15) is 25.7 Å². The molecular weight excluding hydrogens is 358 g/mol. The van der Waals surface area contributed by atoms with Crippen LogP contribution in [0.5, 0.6) is 0 Å². The van der Waals surface area contributed by atoms with Crippen molar-refractivity contribution in [3.63, 3.8) is 0 Å². The van der Waals surface area contributed by atoms with Gasteiger partial charge in [0.1, 0.15) is 0 Å². The van der Waals surface area contributed by atoms with Gasteiger partial charge in [0, 0.05) is 56.5 Å². The van der Waals surface area contributed by atoms with Crippen LogP contribution in [0.2, 0.25) is 0 Å². The van der Waals surface area contributed by atoms with Gasteiger partial charge in [-0.25, -0.2) is 9.78 Å². The van der Waals surface area contributed by atoms with Crippen molar-refractivity contribution in [2.24, 2.45) is 5.92 Å². The third-order valence-corrected chi connectivity index (χ3v) is 5.31. The largest absolute Gasteiger partial charge is 0.343 e. The molecule has 0 saturated carbocycles. The highest BCUT2D eigenvalue weighted by atomic mass is 32.1. The first kappa shape index (κ1) is 18.3. The van der Waals surface area contributed by atoms with Gasteiger partial charge in [-0.3, -0.25) is 19.7 Å². The number of imide groups is 1. The molecule has 10 heteroatoms. The molecule has 1 aromatic rings. The first-order valence-electron chi connectivity index (χ1n) is 8.60. The molecule has 0 atom stereocenters. The minimum atomic E-state index is -0.438. The van der Waals surface area contributed by atoms with Crippen LogP contribution < -0.4 is 10.6 Å². The Bertz CT molecular complexity index is 685. The van der Waals surface area contributed by atoms with Gasteiger partial charge in [-0.1, -0.05) is 0 Å². The zero-order valence-electron chi connectivity index (χ0n) is 14.3. The zero-order valence-corrected chi connectivity index (χ0v) is 15.1. The Morgan fingerprint density at radius 2 is 2.04 bits per heavy atom. The number of urea groups is 1. The number of hydrogen-bond acceptors (Lipinski definition) is 6. The molecule has 26 heavy (non-hydrogen) atoms. The van der Waals surface area contributed by atoms with Gasteiger partial charge in [0.05, 0.1) is 0 Å². The molecule has 1 aromatic heterocycles. The van der Waals surface area contributed by atoms with Gasteiger partial charge in [-0.05, 0) is 12.8 Å². The van der Waals surface area contributed by atoms with Crippen LogP contribution in [0, 0.1) is 5.92 Å². The summed E-state index contributed by atoms with van der Waals surface area (Å²) in [6.07, 6.45) is 3.35. The van der Waals surface area contributed by atoms with Gasteiger partial charge >= 0.3 is 6.03 Å². The molecule has 0 aliphatic carbocycles. The van der Waals surface area contributed by atoms with Gasteiger partial charge < -0.3 is 15.1 Å². The minimum absolute atomic E-state index is 0.0338. The maximum absolute atomic E-state index is 12.3. The van der Waals surface area contributed by atoms with Gasteiger partial charge in [-0.15, -0.1) is 11.3 Å². The normalized spacial score (nSPS) is 18.6. The molecule has 0 bridgehead atoms. The summed E-state index contributed by atoms with van der Waals surface area (Å²) < 4.78 is 0. The van der Waals surface area contributed by atoms with Crippen molar-refractivity contribution in [2.75, 3.05) is 31.5 Å². The first-order chi connectivity index (χ1) is 12.5. The number of hydrogen-bond donors (Lipinski definition) is 2. The molecule has 140 valence electrons. The number of thiazole rings is 1. The number of likely N-dealkylation sites (tertiary alicyclic amines) is 1. The van der Waals surface area contributed by atoms with Crippen LogP contribution in [-0.2, 0) is 14.4 Å². The van der Waals surface area contributed by atoms with E-state index in [9.17, 15) is 19.2 Å². The zero-order chi connectivity index (χ0) is 18.5. The van der Waals surface area contributed by atoms with Crippen molar-refractivity contribution in [1.82, 2.24) is 20.1 Å². The molecule has 2 N–H and O–H groups in total. The van der Waals surface area contributed by atoms with E-state index < -0.39 is 6.03 Å². The van der Waals surface area contributed by atoms with Crippen LogP contribution in [0.15, 0.2) is 11.6 Å². The van der Waals surface area contributed by atoms with E-state index in [-0.39, 0.29) is 36.5 Å². The molecule has 2 aliphatic heterocycles. The number of anilines is 1. The molecule has 3 heterocycles. The van der Waals surface area contributed by atoms with Crippen molar-refractivity contribution >= 4 is 40.2 Å². The number of nitrogens with zero attached hydrogens (tertiary/aromatic N) is 3. The highest BCUT2D eigenvalue weighted by Gasteiger charge is 2.29. The number of aromatic nitrogens is 1. The number of carbonyl (C=O) groups excluding carboxylic acids is 4. The summed E-state index contributed by atoms with van der Waals surface area (Å²) in [7, 11) is 0. The van der Waals surface area contributed by atoms with Crippen molar-refractivity contribution < 1.29 is 19.2 Å². The van der Waals surface area contributed by atoms with E-state index in [1.807, 2.05) is 0 Å². The minimum Gasteiger partial charge on any atom is -0.343 e. The van der Waals surface area contributed by atoms with E-state index in [2.05, 4.69) is 15.6 Å². The van der Waals surface area contributed by atoms with E-state index in [1.54, 1.807) is 16.5 Å². The standard InChI is InChI=1S/C16H21N5O4S/c22-12-3-8-21(16(25)18-12)9-4-13(23)20-6-1-11(2-7-20)14(24)19-15-17-5-10-26-15/h5,10-11H,1-4,6-9H2,(H,17,19,24)(H,18,22,25). The second-order valence-corrected chi connectivity index (χ2v) is 7.22. The summed E-state index contributed by atoms with van der Waals surface area (Å²) in [6, 6.07) is -0.438. The highest BCUT2D eigenvalue weighted by molar-refractivity contribution is 7.13. The average molecular weight is 379 g/mol. The SMILES string of the molecule is O=C1CCN(CCC(=O)N2CCC(C(=O)Nc3nccs3)CC2)C(=O)N1. The number of rotatable bonds is 5. The topological polar surface area (TPSA) is 112 Å². The lowest BCUT2D eigenvalue weighted by molar-refractivity contribution is -0.134. The van der Waals surface area contributed by atoms with E-state index in [0.29, 0.717) is 44.2 Å². The van der Waals surface area contributed by atoms with Crippen molar-refractivity contribution in [1.29, 1.82) is 0 Å². The lowest BCUT2D eigenvalue weighted by atomic mass is 9.96. The van der Waals surface area contributed by atoms with Gasteiger partial charge in [0.15, 0.2) is 5.13 Å². The maximum Gasteiger partial charge on any atom is 0.324 e. The van der Waals surface area contributed by atoms with E-state index in [4.69, 9.17) is 0 Å². The van der Waals surface area contributed by atoms with E-state index in [1.165, 1.54) is 16.2 Å². The Kier molecular flexibility index (Phi) is 5.82. The first-order valence-corrected chi connectivity index (χ1v) is 9.48. The monoisotopic (exact) mass is 379 g/mol. The van der Waals surface area contributed by atoms with Crippen molar-refractivity contribution in [2.45, 2.75) is 25.7 Å². The van der Waals surface area contributed by atoms with E-state index >= 15 is 0 Å². The number of piperidine rings is 1. The molecule has 2 fully saturated rings. The summed E-state index contributed by atoms with van der Waals surface area (Å²) >= 11 is 1.38. The molecule has 0 unspecified atom stereocenters. The van der Waals surface area contributed by atoms with Crippen molar-refractivity contribution in [3.8, 4) is 0 Å². The average Bonchev–Trinajstić information content (AvgIpc) is 3.14. The van der Waals surface area contributed by atoms with Crippen LogP contribution in [0.3, 0.4) is 0 Å². The Morgan fingerprint density at radius 1 is 1.27 bits per heavy atom. The molecule has 2 aliphatic rings. The smallest absolute Gasteiger partial charge is 0.324 e. The quantitative estimate of drug-likeness (QED) is 0.780. The van der Waals surface area contributed by atoms with E-state index in [0.717, 1.165) is 0 Å². The fourth-order valence-corrected chi connectivity index (χ4v) is 3.62. The number of carbonyl (C=O) groups is 4. The maximum atomic E-state index is 12.3. The lowest BCUT2D eigenvalue weighted by Gasteiger charge is -2.32. The summed E-state index contributed by atoms with van der Waals surface area (Å²) in [5.41, 5.74) is 0. The second kappa shape index (κ2) is 8.26. The predicted molar refractivity (Wildman–Crippen MR) is 94.4 cm³/mol. The molecule has 0 radical (unpaired) electrons. The molecule has 0 aromatic carbocycles. The Hall–Kier alpha value is -2.49. The Labute approximate surface area is 154 Å². The fourth-order valence-electron chi connectivity index (χ4n) is 3.08. The molecule has 2 saturated heterocycles. The summed E-state index contributed by atoms with van der Waals surface area (Å²) in [5.74, 6) is -0.493. The lowest BCUT2D eigenvalue weighted by Crippen LogP contribution is -2.50. The van der Waals surface area contributed by atoms with Crippen LogP contribution in [0.25, 0.3) is 0 Å². The van der Waals surface area contributed by atoms with Gasteiger partial charge in [0.2, 0.25) is 17.7 Å². The molecule has 0 spiro atoms. The fraction of sp³-hybridized carbons (Fsp3) is 0.562. The Balaban J connectivity index is 1.40. The third-order valence-electron chi connectivity index (χ3n) is 4.62. The molecule has 9 nitrogen and oxygen atoms in total. The predicted octanol–water partition coefficient (Wildman–Crippen LogP) is 0.652. The summed E-state index contributed by atoms with van der Waals surface area (Å²) in [5, 5.41) is 7.43. The van der Waals surface area contributed by atoms with Crippen molar-refractivity contribution in [3.05, 3.63) is 11.6 Å². The molecule has 3 rings (SSSR count).